The molecule has 3 aromatic rings. The Kier molecular flexibility index (Phi) is 8.44. The number of nitrogens with two attached hydrogens (primary N) is 1. The lowest BCUT2D eigenvalue weighted by Gasteiger charge is -2.15. The van der Waals surface area contributed by atoms with Gasteiger partial charge in [0.1, 0.15) is 17.9 Å². The monoisotopic (exact) mass is 554 g/mol. The number of ether oxygens (including phenoxy) is 1. The molecule has 1 saturated carbocycles. The lowest BCUT2D eigenvalue weighted by molar-refractivity contribution is -0.0498. The van der Waals surface area contributed by atoms with Crippen LogP contribution in [0.3, 0.4) is 0 Å². The molecular weight excluding hydrogens is 530 g/mol. The van der Waals surface area contributed by atoms with Gasteiger partial charge >= 0.3 is 16.9 Å². The average molecular weight is 555 g/mol. The van der Waals surface area contributed by atoms with Crippen LogP contribution in [0, 0.1) is 5.92 Å². The van der Waals surface area contributed by atoms with E-state index in [-0.39, 0.29) is 35.6 Å². The van der Waals surface area contributed by atoms with Crippen LogP contribution >= 0.6 is 11.3 Å². The van der Waals surface area contributed by atoms with E-state index in [1.165, 1.54) is 36.0 Å². The minimum absolute atomic E-state index is 0.0617. The number of hydrogen-bond acceptors (Lipinski definition) is 10. The van der Waals surface area contributed by atoms with Crippen molar-refractivity contribution in [2.45, 2.75) is 38.0 Å². The third-order valence-corrected chi connectivity index (χ3v) is 7.25. The summed E-state index contributed by atoms with van der Waals surface area (Å²) in [6.07, 6.45) is 2.97. The van der Waals surface area contributed by atoms with Crippen LogP contribution in [0.2, 0.25) is 0 Å². The van der Waals surface area contributed by atoms with Crippen LogP contribution in [-0.2, 0) is 20.9 Å². The third-order valence-electron chi connectivity index (χ3n) is 5.81. The SMILES string of the molecule is NS(=O)(=O)OC[C@H]1CC(Nc2ncncc2C(=O)c2cc(Cc3cccc(OC(F)F)c3)cs2)C[C@@H]1O. The number of rotatable bonds is 11. The van der Waals surface area contributed by atoms with Crippen molar-refractivity contribution in [3.05, 3.63) is 69.8 Å². The summed E-state index contributed by atoms with van der Waals surface area (Å²) in [4.78, 5) is 21.9. The van der Waals surface area contributed by atoms with Crippen molar-refractivity contribution in [3.63, 3.8) is 0 Å². The first-order valence-corrected chi connectivity index (χ1v) is 13.5. The molecular formula is C23H24F2N4O6S2. The van der Waals surface area contributed by atoms with Gasteiger partial charge in [0.2, 0.25) is 5.78 Å². The van der Waals surface area contributed by atoms with Gasteiger partial charge < -0.3 is 15.2 Å². The van der Waals surface area contributed by atoms with Crippen molar-refractivity contribution in [1.82, 2.24) is 9.97 Å². The highest BCUT2D eigenvalue weighted by Gasteiger charge is 2.34. The van der Waals surface area contributed by atoms with Crippen LogP contribution < -0.4 is 15.2 Å². The number of aromatic nitrogens is 2. The summed E-state index contributed by atoms with van der Waals surface area (Å²) < 4.78 is 56.1. The maximum atomic E-state index is 13.3. The molecule has 0 spiro atoms. The highest BCUT2D eigenvalue weighted by Crippen LogP contribution is 2.31. The molecule has 0 amide bonds. The topological polar surface area (TPSA) is 154 Å². The maximum absolute atomic E-state index is 13.3. The van der Waals surface area contributed by atoms with Crippen molar-refractivity contribution >= 4 is 33.2 Å². The Labute approximate surface area is 215 Å². The van der Waals surface area contributed by atoms with Crippen LogP contribution in [0.15, 0.2) is 48.2 Å². The predicted octanol–water partition coefficient (Wildman–Crippen LogP) is 2.73. The number of alkyl halides is 2. The summed E-state index contributed by atoms with van der Waals surface area (Å²) in [6, 6.07) is 7.81. The molecule has 1 aliphatic carbocycles. The fourth-order valence-electron chi connectivity index (χ4n) is 4.17. The van der Waals surface area contributed by atoms with Gasteiger partial charge in [0.15, 0.2) is 0 Å². The molecule has 2 aromatic heterocycles. The van der Waals surface area contributed by atoms with Crippen LogP contribution in [0.1, 0.15) is 39.2 Å². The molecule has 37 heavy (non-hydrogen) atoms. The number of hydrogen-bond donors (Lipinski definition) is 3. The van der Waals surface area contributed by atoms with E-state index in [9.17, 15) is 27.1 Å². The number of nitrogens with zero attached hydrogens (tertiary/aromatic N) is 2. The first-order chi connectivity index (χ1) is 17.6. The van der Waals surface area contributed by atoms with E-state index in [0.717, 1.165) is 11.1 Å². The van der Waals surface area contributed by atoms with Crippen LogP contribution in [0.5, 0.6) is 5.75 Å². The van der Waals surface area contributed by atoms with Gasteiger partial charge in [-0.1, -0.05) is 12.1 Å². The zero-order valence-corrected chi connectivity index (χ0v) is 20.9. The van der Waals surface area contributed by atoms with Crippen molar-refractivity contribution in [3.8, 4) is 5.75 Å². The Balaban J connectivity index is 1.43. The van der Waals surface area contributed by atoms with Crippen LogP contribution in [-0.4, -0.2) is 54.6 Å². The lowest BCUT2D eigenvalue weighted by Crippen LogP contribution is -2.24. The van der Waals surface area contributed by atoms with E-state index < -0.39 is 28.9 Å². The van der Waals surface area contributed by atoms with Crippen LogP contribution in [0.25, 0.3) is 0 Å². The minimum atomic E-state index is -4.12. The molecule has 1 unspecified atom stereocenters. The number of halogens is 2. The minimum Gasteiger partial charge on any atom is -0.435 e. The number of nitrogens with one attached hydrogen (secondary N) is 1. The van der Waals surface area contributed by atoms with E-state index in [1.54, 1.807) is 18.2 Å². The molecule has 14 heteroatoms. The molecule has 0 radical (unpaired) electrons. The Hall–Kier alpha value is -3.04. The lowest BCUT2D eigenvalue weighted by atomic mass is 10.1. The summed E-state index contributed by atoms with van der Waals surface area (Å²) in [5, 5.41) is 20.1. The Morgan fingerprint density at radius 3 is 2.84 bits per heavy atom. The third kappa shape index (κ3) is 7.49. The largest absolute Gasteiger partial charge is 0.435 e. The summed E-state index contributed by atoms with van der Waals surface area (Å²) >= 11 is 1.24. The zero-order valence-electron chi connectivity index (χ0n) is 19.3. The summed E-state index contributed by atoms with van der Waals surface area (Å²) in [5.41, 5.74) is 1.81. The predicted molar refractivity (Wildman–Crippen MR) is 131 cm³/mol. The first-order valence-electron chi connectivity index (χ1n) is 11.1. The quantitative estimate of drug-likeness (QED) is 0.304. The number of aliphatic hydroxyl groups is 1. The van der Waals surface area contributed by atoms with Crippen LogP contribution in [0.4, 0.5) is 14.6 Å². The average Bonchev–Trinajstić information content (AvgIpc) is 3.43. The number of carbonyl (C=O) groups excluding carboxylic acids is 1. The van der Waals surface area contributed by atoms with E-state index in [4.69, 9.17) is 5.14 Å². The Morgan fingerprint density at radius 2 is 2.08 bits per heavy atom. The summed E-state index contributed by atoms with van der Waals surface area (Å²) in [5.74, 6) is -0.410. The number of benzene rings is 1. The van der Waals surface area contributed by atoms with Gasteiger partial charge in [-0.15, -0.1) is 11.3 Å². The molecule has 0 saturated heterocycles. The standard InChI is InChI=1S/C23H24F2N4O6S2/c24-23(25)35-17-3-1-2-13(5-17)4-14-6-20(36-11-14)21(31)18-9-27-12-28-22(18)29-16-7-15(19(30)8-16)10-34-37(26,32)33/h1-3,5-6,9,11-12,15-16,19,23,30H,4,7-8,10H2,(H2,26,32,33)(H,27,28,29)/t15-,16?,19+/m1/s1. The van der Waals surface area contributed by atoms with E-state index in [1.807, 2.05) is 5.38 Å². The second kappa shape index (κ2) is 11.6. The molecule has 4 rings (SSSR count). The fraction of sp³-hybridized carbons (Fsp3) is 0.348. The molecule has 4 N–H and O–H groups in total. The van der Waals surface area contributed by atoms with Crippen molar-refractivity contribution < 1.29 is 36.0 Å². The molecule has 1 aliphatic rings. The molecule has 198 valence electrons. The molecule has 0 aliphatic heterocycles. The molecule has 1 aromatic carbocycles. The van der Waals surface area contributed by atoms with Gasteiger partial charge in [0.05, 0.1) is 23.2 Å². The highest BCUT2D eigenvalue weighted by molar-refractivity contribution is 7.84. The Morgan fingerprint density at radius 1 is 1.27 bits per heavy atom. The highest BCUT2D eigenvalue weighted by atomic mass is 32.2. The Bertz CT molecular complexity index is 1350. The van der Waals surface area contributed by atoms with Gasteiger partial charge in [0, 0.05) is 18.2 Å². The maximum Gasteiger partial charge on any atom is 0.387 e. The number of thiophene rings is 1. The second-order valence-corrected chi connectivity index (χ2v) is 10.7. The number of aliphatic hydroxyl groups excluding tert-OH is 1. The smallest absolute Gasteiger partial charge is 0.387 e. The summed E-state index contributed by atoms with van der Waals surface area (Å²) in [6.45, 7) is -3.16. The molecule has 2 heterocycles. The van der Waals surface area contributed by atoms with Gasteiger partial charge in [0.25, 0.3) is 0 Å². The molecule has 1 fully saturated rings. The van der Waals surface area contributed by atoms with Gasteiger partial charge in [-0.25, -0.2) is 15.1 Å². The summed E-state index contributed by atoms with van der Waals surface area (Å²) in [7, 11) is -4.12. The first kappa shape index (κ1) is 27.0. The number of carbonyl (C=O) groups is 1. The van der Waals surface area contributed by atoms with E-state index >= 15 is 0 Å². The van der Waals surface area contributed by atoms with Crippen molar-refractivity contribution in [2.24, 2.45) is 11.1 Å². The zero-order chi connectivity index (χ0) is 26.6. The van der Waals surface area contributed by atoms with E-state index in [2.05, 4.69) is 24.2 Å². The number of ketones is 1. The number of anilines is 1. The van der Waals surface area contributed by atoms with E-state index in [0.29, 0.717) is 24.1 Å². The molecule has 10 nitrogen and oxygen atoms in total. The molecule has 3 atom stereocenters. The van der Waals surface area contributed by atoms with Crippen molar-refractivity contribution in [2.75, 3.05) is 11.9 Å². The van der Waals surface area contributed by atoms with Gasteiger partial charge in [-0.3, -0.25) is 8.98 Å². The van der Waals surface area contributed by atoms with Gasteiger partial charge in [-0.2, -0.15) is 17.2 Å². The molecule has 0 bridgehead atoms. The normalized spacial score (nSPS) is 19.8. The van der Waals surface area contributed by atoms with Crippen molar-refractivity contribution in [1.29, 1.82) is 0 Å². The van der Waals surface area contributed by atoms with Gasteiger partial charge in [-0.05, 0) is 54.0 Å². The fourth-order valence-corrected chi connectivity index (χ4v) is 5.40. The second-order valence-electron chi connectivity index (χ2n) is 8.55.